The van der Waals surface area contributed by atoms with Crippen molar-refractivity contribution in [3.8, 4) is 11.3 Å². The quantitative estimate of drug-likeness (QED) is 0.644. The first kappa shape index (κ1) is 21.4. The van der Waals surface area contributed by atoms with Gasteiger partial charge < -0.3 is 14.6 Å². The molecule has 1 amide bonds. The van der Waals surface area contributed by atoms with Crippen molar-refractivity contribution in [2.45, 2.75) is 62.3 Å². The lowest BCUT2D eigenvalue weighted by Gasteiger charge is -2.39. The Kier molecular flexibility index (Phi) is 5.24. The Labute approximate surface area is 181 Å². The molecule has 1 aromatic carbocycles. The molecule has 4 aliphatic rings. The van der Waals surface area contributed by atoms with Crippen LogP contribution in [0, 0.1) is 11.7 Å². The number of fused-ring (bicyclic) bond motifs is 1. The maximum atomic E-state index is 13.5. The minimum atomic E-state index is -4.64. The summed E-state index contributed by atoms with van der Waals surface area (Å²) >= 11 is 0. The Hall–Kier alpha value is -2.46. The van der Waals surface area contributed by atoms with Gasteiger partial charge in [-0.3, -0.25) is 9.53 Å². The highest BCUT2D eigenvalue weighted by molar-refractivity contribution is 5.78. The van der Waals surface area contributed by atoms with Crippen molar-refractivity contribution in [2.75, 3.05) is 6.61 Å². The van der Waals surface area contributed by atoms with Gasteiger partial charge in [0.05, 0.1) is 24.2 Å². The van der Waals surface area contributed by atoms with Crippen LogP contribution in [-0.2, 0) is 14.3 Å². The molecule has 1 N–H and O–H groups in total. The molecule has 6 nitrogen and oxygen atoms in total. The number of hydrogen-bond donors (Lipinski definition) is 1. The Bertz CT molecular complexity index is 996. The van der Waals surface area contributed by atoms with Crippen LogP contribution in [0.1, 0.15) is 38.1 Å². The molecule has 4 fully saturated rings. The zero-order chi connectivity index (χ0) is 22.5. The molecule has 32 heavy (non-hydrogen) atoms. The van der Waals surface area contributed by atoms with Gasteiger partial charge in [0.25, 0.3) is 0 Å². The number of imidazole rings is 1. The smallest absolute Gasteiger partial charge is 0.368 e. The normalized spacial score (nSPS) is 31.1. The fourth-order valence-corrected chi connectivity index (χ4v) is 5.23. The van der Waals surface area contributed by atoms with Crippen LogP contribution >= 0.6 is 0 Å². The van der Waals surface area contributed by atoms with Crippen molar-refractivity contribution >= 4 is 5.91 Å². The number of nitrogens with one attached hydrogen (secondary N) is 1. The molecule has 10 heteroatoms. The second-order valence-corrected chi connectivity index (χ2v) is 9.07. The number of carbonyl (C=O) groups is 1. The molecule has 1 atom stereocenters. The van der Waals surface area contributed by atoms with Crippen molar-refractivity contribution in [3.63, 3.8) is 0 Å². The highest BCUT2D eigenvalue weighted by Gasteiger charge is 2.57. The van der Waals surface area contributed by atoms with Gasteiger partial charge in [-0.05, 0) is 37.3 Å². The van der Waals surface area contributed by atoms with E-state index >= 15 is 0 Å². The van der Waals surface area contributed by atoms with Gasteiger partial charge >= 0.3 is 6.36 Å². The van der Waals surface area contributed by atoms with Gasteiger partial charge in [-0.2, -0.15) is 0 Å². The largest absolute Gasteiger partial charge is 0.522 e. The lowest BCUT2D eigenvalue weighted by molar-refractivity contribution is -0.357. The molecule has 0 unspecified atom stereocenters. The summed E-state index contributed by atoms with van der Waals surface area (Å²) in [4.78, 5) is 16.8. The topological polar surface area (TPSA) is 65.4 Å². The Morgan fingerprint density at radius 1 is 1.22 bits per heavy atom. The number of alkyl halides is 3. The molecule has 4 aliphatic carbocycles. The SMILES string of the molecule is O=C(COC1CC(OC(F)(F)F)C1)NC12CC(C1)[C@H](n1cnc(-c3cccc(F)c3)c1)C2. The first-order valence-electron chi connectivity index (χ1n) is 10.6. The number of amides is 1. The van der Waals surface area contributed by atoms with Gasteiger partial charge in [-0.1, -0.05) is 12.1 Å². The third-order valence-corrected chi connectivity index (χ3v) is 6.76. The van der Waals surface area contributed by atoms with Gasteiger partial charge in [0.15, 0.2) is 0 Å². The van der Waals surface area contributed by atoms with Crippen molar-refractivity contribution < 1.29 is 31.8 Å². The average Bonchev–Trinajstić information content (AvgIpc) is 3.35. The lowest BCUT2D eigenvalue weighted by Crippen LogP contribution is -2.53. The summed E-state index contributed by atoms with van der Waals surface area (Å²) in [6, 6.07) is 6.50. The second-order valence-electron chi connectivity index (χ2n) is 9.07. The number of nitrogens with zero attached hydrogens (tertiary/aromatic N) is 2. The first-order chi connectivity index (χ1) is 15.2. The fourth-order valence-electron chi connectivity index (χ4n) is 5.23. The molecule has 2 bridgehead atoms. The van der Waals surface area contributed by atoms with Crippen molar-refractivity contribution in [2.24, 2.45) is 5.92 Å². The van der Waals surface area contributed by atoms with E-state index in [1.165, 1.54) is 12.1 Å². The summed E-state index contributed by atoms with van der Waals surface area (Å²) in [5.41, 5.74) is 1.14. The molecule has 0 saturated heterocycles. The molecule has 0 spiro atoms. The minimum Gasteiger partial charge on any atom is -0.368 e. The molecule has 0 aliphatic heterocycles. The Morgan fingerprint density at radius 2 is 2.00 bits per heavy atom. The molecule has 172 valence electrons. The number of hydrogen-bond acceptors (Lipinski definition) is 4. The predicted octanol–water partition coefficient (Wildman–Crippen LogP) is 3.98. The van der Waals surface area contributed by atoms with Crippen molar-refractivity contribution in [1.82, 2.24) is 14.9 Å². The van der Waals surface area contributed by atoms with Gasteiger partial charge in [-0.25, -0.2) is 9.37 Å². The summed E-state index contributed by atoms with van der Waals surface area (Å²) in [7, 11) is 0. The Morgan fingerprint density at radius 3 is 2.72 bits per heavy atom. The highest BCUT2D eigenvalue weighted by Crippen LogP contribution is 2.57. The van der Waals surface area contributed by atoms with Gasteiger partial charge in [-0.15, -0.1) is 13.2 Å². The molecule has 1 heterocycles. The zero-order valence-electron chi connectivity index (χ0n) is 17.1. The van der Waals surface area contributed by atoms with E-state index in [0.717, 1.165) is 19.3 Å². The summed E-state index contributed by atoms with van der Waals surface area (Å²) < 4.78 is 61.3. The van der Waals surface area contributed by atoms with Crippen LogP contribution in [0.25, 0.3) is 11.3 Å². The van der Waals surface area contributed by atoms with E-state index in [4.69, 9.17) is 4.74 Å². The molecule has 6 rings (SSSR count). The maximum absolute atomic E-state index is 13.5. The van der Waals surface area contributed by atoms with E-state index in [1.807, 2.05) is 16.8 Å². The maximum Gasteiger partial charge on any atom is 0.522 e. The number of benzene rings is 1. The second kappa shape index (κ2) is 7.84. The van der Waals surface area contributed by atoms with Crippen LogP contribution in [0.5, 0.6) is 0 Å². The zero-order valence-corrected chi connectivity index (χ0v) is 17.1. The summed E-state index contributed by atoms with van der Waals surface area (Å²) in [6.07, 6.45) is 0.512. The number of rotatable bonds is 7. The summed E-state index contributed by atoms with van der Waals surface area (Å²) in [5, 5.41) is 3.06. The van der Waals surface area contributed by atoms with Crippen LogP contribution in [0.3, 0.4) is 0 Å². The third kappa shape index (κ3) is 4.38. The summed E-state index contributed by atoms with van der Waals surface area (Å²) in [5.74, 6) is -0.137. The lowest BCUT2D eigenvalue weighted by atomic mass is 9.76. The number of aromatic nitrogens is 2. The van der Waals surface area contributed by atoms with Gasteiger partial charge in [0.2, 0.25) is 5.91 Å². The molecular formula is C22H23F4N3O3. The number of ether oxygens (including phenoxy) is 2. The van der Waals surface area contributed by atoms with Crippen LogP contribution in [-0.4, -0.2) is 46.2 Å². The van der Waals surface area contributed by atoms with Crippen molar-refractivity contribution in [3.05, 3.63) is 42.6 Å². The third-order valence-electron chi connectivity index (χ3n) is 6.76. The molecular weight excluding hydrogens is 430 g/mol. The molecule has 2 aromatic rings. The van der Waals surface area contributed by atoms with Gasteiger partial charge in [0.1, 0.15) is 12.4 Å². The monoisotopic (exact) mass is 453 g/mol. The van der Waals surface area contributed by atoms with Crippen LogP contribution in [0.15, 0.2) is 36.8 Å². The predicted molar refractivity (Wildman–Crippen MR) is 105 cm³/mol. The van der Waals surface area contributed by atoms with E-state index in [1.54, 1.807) is 12.4 Å². The van der Waals surface area contributed by atoms with E-state index in [0.29, 0.717) is 17.2 Å². The molecule has 1 aromatic heterocycles. The van der Waals surface area contributed by atoms with Crippen molar-refractivity contribution in [1.29, 1.82) is 0 Å². The van der Waals surface area contributed by atoms with E-state index in [-0.39, 0.29) is 48.9 Å². The minimum absolute atomic E-state index is 0.135. The van der Waals surface area contributed by atoms with Gasteiger partial charge in [0, 0.05) is 36.2 Å². The van der Waals surface area contributed by atoms with E-state index in [9.17, 15) is 22.4 Å². The average molecular weight is 453 g/mol. The first-order valence-corrected chi connectivity index (χ1v) is 10.6. The highest BCUT2D eigenvalue weighted by atomic mass is 19.4. The van der Waals surface area contributed by atoms with E-state index < -0.39 is 12.5 Å². The number of carbonyl (C=O) groups excluding carboxylic acids is 1. The van der Waals surface area contributed by atoms with Crippen LogP contribution < -0.4 is 5.32 Å². The van der Waals surface area contributed by atoms with Crippen LogP contribution in [0.4, 0.5) is 17.6 Å². The Balaban J connectivity index is 1.10. The number of halogens is 4. The van der Waals surface area contributed by atoms with E-state index in [2.05, 4.69) is 15.0 Å². The standard InChI is InChI=1S/C22H23F4N3O3/c23-15-3-1-2-13(4-15)18-10-29(12-27-18)19-9-21(7-14(19)8-21)28-20(30)11-31-16-5-17(6-16)32-22(24,25)26/h1-4,10,12,14,16-17,19H,5-9,11H2,(H,28,30)/t14?,16?,17?,19-,21?/m1/s1. The molecule has 0 radical (unpaired) electrons. The van der Waals surface area contributed by atoms with Crippen LogP contribution in [0.2, 0.25) is 0 Å². The summed E-state index contributed by atoms with van der Waals surface area (Å²) in [6.45, 7) is -0.171. The molecule has 4 saturated carbocycles. The fraction of sp³-hybridized carbons (Fsp3) is 0.545.